The molecule has 0 aromatic carbocycles. The molecule has 0 aliphatic rings. The van der Waals surface area contributed by atoms with Crippen molar-refractivity contribution in [2.75, 3.05) is 20.2 Å². The van der Waals surface area contributed by atoms with Crippen LogP contribution in [0.3, 0.4) is 0 Å². The van der Waals surface area contributed by atoms with Gasteiger partial charge in [0, 0.05) is 6.54 Å². The Kier molecular flexibility index (Phi) is 8.37. The van der Waals surface area contributed by atoms with E-state index in [-0.39, 0.29) is 24.3 Å². The fourth-order valence-electron chi connectivity index (χ4n) is 1.48. The molecule has 0 aliphatic heterocycles. The van der Waals surface area contributed by atoms with E-state index in [0.29, 0.717) is 12.5 Å². The Bertz CT molecular complexity index is 265. The lowest BCUT2D eigenvalue weighted by Crippen LogP contribution is -2.46. The van der Waals surface area contributed by atoms with Gasteiger partial charge in [-0.05, 0) is 18.3 Å². The third-order valence-corrected chi connectivity index (χ3v) is 2.65. The summed E-state index contributed by atoms with van der Waals surface area (Å²) in [5, 5.41) is 5.73. The molecule has 0 spiro atoms. The summed E-state index contributed by atoms with van der Waals surface area (Å²) in [5.41, 5.74) is 0. The van der Waals surface area contributed by atoms with E-state index in [0.717, 1.165) is 6.42 Å². The minimum Gasteiger partial charge on any atom is -0.468 e. The van der Waals surface area contributed by atoms with Gasteiger partial charge < -0.3 is 10.1 Å². The average Bonchev–Trinajstić information content (AvgIpc) is 2.27. The zero-order chi connectivity index (χ0) is 14.1. The minimum atomic E-state index is -0.439. The molecule has 2 N–H and O–H groups in total. The van der Waals surface area contributed by atoms with Gasteiger partial charge >= 0.3 is 5.97 Å². The second kappa shape index (κ2) is 8.91. The maximum atomic E-state index is 11.5. The quantitative estimate of drug-likeness (QED) is 0.636. The maximum Gasteiger partial charge on any atom is 0.323 e. The molecule has 0 saturated heterocycles. The topological polar surface area (TPSA) is 67.4 Å². The number of esters is 1. The second-order valence-electron chi connectivity index (χ2n) is 5.16. The van der Waals surface area contributed by atoms with Crippen LogP contribution in [-0.2, 0) is 14.3 Å². The first-order valence-electron chi connectivity index (χ1n) is 6.46. The molecule has 18 heavy (non-hydrogen) atoms. The molecule has 1 amide bonds. The third-order valence-electron chi connectivity index (χ3n) is 2.65. The van der Waals surface area contributed by atoms with Crippen molar-refractivity contribution in [1.29, 1.82) is 0 Å². The van der Waals surface area contributed by atoms with E-state index in [1.165, 1.54) is 7.11 Å². The SMILES string of the molecule is COC(=O)C(NCC(=O)NCCC(C)C)C(C)C. The molecule has 0 bridgehead atoms. The second-order valence-corrected chi connectivity index (χ2v) is 5.16. The first-order valence-corrected chi connectivity index (χ1v) is 6.46. The van der Waals surface area contributed by atoms with Crippen molar-refractivity contribution in [3.63, 3.8) is 0 Å². The molecule has 1 atom stereocenters. The Morgan fingerprint density at radius 1 is 1.17 bits per heavy atom. The van der Waals surface area contributed by atoms with Crippen LogP contribution in [0.2, 0.25) is 0 Å². The molecule has 0 saturated carbocycles. The van der Waals surface area contributed by atoms with Gasteiger partial charge in [-0.3, -0.25) is 14.9 Å². The van der Waals surface area contributed by atoms with Gasteiger partial charge in [-0.1, -0.05) is 27.7 Å². The predicted molar refractivity (Wildman–Crippen MR) is 71.1 cm³/mol. The number of methoxy groups -OCH3 is 1. The van der Waals surface area contributed by atoms with Crippen molar-refractivity contribution >= 4 is 11.9 Å². The lowest BCUT2D eigenvalue weighted by molar-refractivity contribution is -0.144. The molecule has 0 heterocycles. The summed E-state index contributed by atoms with van der Waals surface area (Å²) in [7, 11) is 1.35. The highest BCUT2D eigenvalue weighted by Gasteiger charge is 2.22. The van der Waals surface area contributed by atoms with Crippen LogP contribution < -0.4 is 10.6 Å². The standard InChI is InChI=1S/C13H26N2O3/c1-9(2)6-7-14-11(16)8-15-12(10(3)4)13(17)18-5/h9-10,12,15H,6-8H2,1-5H3,(H,14,16). The summed E-state index contributed by atoms with van der Waals surface area (Å²) in [6.45, 7) is 8.84. The van der Waals surface area contributed by atoms with Gasteiger partial charge in [0.1, 0.15) is 6.04 Å². The average molecular weight is 258 g/mol. The van der Waals surface area contributed by atoms with E-state index in [4.69, 9.17) is 0 Å². The van der Waals surface area contributed by atoms with Gasteiger partial charge in [-0.15, -0.1) is 0 Å². The highest BCUT2D eigenvalue weighted by molar-refractivity contribution is 5.80. The van der Waals surface area contributed by atoms with Crippen molar-refractivity contribution in [3.05, 3.63) is 0 Å². The van der Waals surface area contributed by atoms with E-state index < -0.39 is 6.04 Å². The first-order chi connectivity index (χ1) is 8.38. The van der Waals surface area contributed by atoms with Gasteiger partial charge in [-0.2, -0.15) is 0 Å². The zero-order valence-corrected chi connectivity index (χ0v) is 12.1. The molecule has 5 heteroatoms. The Balaban J connectivity index is 3.97. The Hall–Kier alpha value is -1.10. The number of hydrogen-bond donors (Lipinski definition) is 2. The van der Waals surface area contributed by atoms with Crippen molar-refractivity contribution in [2.24, 2.45) is 11.8 Å². The number of nitrogens with one attached hydrogen (secondary N) is 2. The summed E-state index contributed by atoms with van der Waals surface area (Å²) in [6, 6.07) is -0.439. The summed E-state index contributed by atoms with van der Waals surface area (Å²) in [5.74, 6) is 0.225. The van der Waals surface area contributed by atoms with Crippen LogP contribution >= 0.6 is 0 Å². The number of rotatable bonds is 8. The van der Waals surface area contributed by atoms with Crippen LogP contribution in [0.5, 0.6) is 0 Å². The predicted octanol–water partition coefficient (Wildman–Crippen LogP) is 0.936. The normalized spacial score (nSPS) is 12.6. The van der Waals surface area contributed by atoms with Gasteiger partial charge in [-0.25, -0.2) is 0 Å². The van der Waals surface area contributed by atoms with Crippen molar-refractivity contribution in [3.8, 4) is 0 Å². The maximum absolute atomic E-state index is 11.5. The molecule has 0 aromatic rings. The summed E-state index contributed by atoms with van der Waals surface area (Å²) in [4.78, 5) is 23.0. The Morgan fingerprint density at radius 2 is 1.78 bits per heavy atom. The Labute approximate surface area is 110 Å². The highest BCUT2D eigenvalue weighted by Crippen LogP contribution is 2.03. The van der Waals surface area contributed by atoms with Crippen LogP contribution in [0, 0.1) is 11.8 Å². The van der Waals surface area contributed by atoms with E-state index in [2.05, 4.69) is 29.2 Å². The molecule has 0 fully saturated rings. The van der Waals surface area contributed by atoms with Gasteiger partial charge in [0.2, 0.25) is 5.91 Å². The van der Waals surface area contributed by atoms with Gasteiger partial charge in [0.15, 0.2) is 0 Å². The van der Waals surface area contributed by atoms with Crippen molar-refractivity contribution < 1.29 is 14.3 Å². The van der Waals surface area contributed by atoms with Crippen LogP contribution in [-0.4, -0.2) is 38.1 Å². The number of hydrogen-bond acceptors (Lipinski definition) is 4. The van der Waals surface area contributed by atoms with E-state index in [1.54, 1.807) is 0 Å². The molecule has 0 aromatic heterocycles. The van der Waals surface area contributed by atoms with Crippen LogP contribution in [0.15, 0.2) is 0 Å². The lowest BCUT2D eigenvalue weighted by Gasteiger charge is -2.19. The molecule has 0 aliphatic carbocycles. The molecule has 5 nitrogen and oxygen atoms in total. The molecule has 0 rings (SSSR count). The molecule has 0 radical (unpaired) electrons. The molecular weight excluding hydrogens is 232 g/mol. The minimum absolute atomic E-state index is 0.0842. The molecule has 106 valence electrons. The van der Waals surface area contributed by atoms with Gasteiger partial charge in [0.05, 0.1) is 13.7 Å². The smallest absolute Gasteiger partial charge is 0.323 e. The monoisotopic (exact) mass is 258 g/mol. The highest BCUT2D eigenvalue weighted by atomic mass is 16.5. The molecular formula is C13H26N2O3. The Morgan fingerprint density at radius 3 is 2.22 bits per heavy atom. The van der Waals surface area contributed by atoms with E-state index in [9.17, 15) is 9.59 Å². The number of carbonyl (C=O) groups is 2. The van der Waals surface area contributed by atoms with Crippen molar-refractivity contribution in [2.45, 2.75) is 40.2 Å². The lowest BCUT2D eigenvalue weighted by atomic mass is 10.0. The zero-order valence-electron chi connectivity index (χ0n) is 12.1. The number of ether oxygens (including phenoxy) is 1. The van der Waals surface area contributed by atoms with Crippen molar-refractivity contribution in [1.82, 2.24) is 10.6 Å². The summed E-state index contributed by atoms with van der Waals surface area (Å²) >= 11 is 0. The first kappa shape index (κ1) is 16.9. The fraction of sp³-hybridized carbons (Fsp3) is 0.846. The van der Waals surface area contributed by atoms with Crippen LogP contribution in [0.1, 0.15) is 34.1 Å². The fourth-order valence-corrected chi connectivity index (χ4v) is 1.48. The van der Waals surface area contributed by atoms with Gasteiger partial charge in [0.25, 0.3) is 0 Å². The van der Waals surface area contributed by atoms with Crippen LogP contribution in [0.4, 0.5) is 0 Å². The van der Waals surface area contributed by atoms with E-state index >= 15 is 0 Å². The largest absolute Gasteiger partial charge is 0.468 e. The third kappa shape index (κ3) is 7.27. The van der Waals surface area contributed by atoms with E-state index in [1.807, 2.05) is 13.8 Å². The number of carbonyl (C=O) groups excluding carboxylic acids is 2. The summed E-state index contributed by atoms with van der Waals surface area (Å²) < 4.78 is 4.69. The summed E-state index contributed by atoms with van der Waals surface area (Å²) in [6.07, 6.45) is 0.955. The number of amides is 1. The molecule has 1 unspecified atom stereocenters. The van der Waals surface area contributed by atoms with Crippen LogP contribution in [0.25, 0.3) is 0 Å².